The Morgan fingerprint density at radius 1 is 1.25 bits per heavy atom. The molecule has 0 spiro atoms. The third-order valence-electron chi connectivity index (χ3n) is 2.56. The van der Waals surface area contributed by atoms with E-state index in [0.29, 0.717) is 0 Å². The molecule has 0 fully saturated rings. The highest BCUT2D eigenvalue weighted by molar-refractivity contribution is 6.35. The van der Waals surface area contributed by atoms with Crippen LogP contribution < -0.4 is 0 Å². The summed E-state index contributed by atoms with van der Waals surface area (Å²) < 4.78 is 7.63. The minimum atomic E-state index is 0.739. The largest absolute Gasteiger partial charge is 0.380 e. The van der Waals surface area contributed by atoms with Gasteiger partial charge in [-0.2, -0.15) is 0 Å². The van der Waals surface area contributed by atoms with Gasteiger partial charge < -0.3 is 9.30 Å². The molecule has 2 nitrogen and oxygen atoms in total. The molecule has 0 N–H and O–H groups in total. The van der Waals surface area contributed by atoms with Crippen molar-refractivity contribution >= 4 is 22.5 Å². The lowest BCUT2D eigenvalue weighted by molar-refractivity contribution is 0.127. The van der Waals surface area contributed by atoms with Crippen LogP contribution in [0.1, 0.15) is 13.3 Å². The molecule has 0 saturated carbocycles. The summed E-state index contributed by atoms with van der Waals surface area (Å²) in [4.78, 5) is 0. The van der Waals surface area contributed by atoms with Gasteiger partial charge in [0.25, 0.3) is 0 Å². The molecule has 0 aliphatic heterocycles. The Labute approximate surface area is 101 Å². The van der Waals surface area contributed by atoms with Crippen LogP contribution in [0.2, 0.25) is 5.02 Å². The minimum Gasteiger partial charge on any atom is -0.380 e. The van der Waals surface area contributed by atoms with E-state index >= 15 is 0 Å². The van der Waals surface area contributed by atoms with Crippen molar-refractivity contribution in [3.63, 3.8) is 0 Å². The van der Waals surface area contributed by atoms with E-state index < -0.39 is 0 Å². The normalized spacial score (nSPS) is 11.1. The molecule has 0 aliphatic rings. The van der Waals surface area contributed by atoms with Crippen molar-refractivity contribution in [3.8, 4) is 0 Å². The van der Waals surface area contributed by atoms with Crippen molar-refractivity contribution in [2.75, 3.05) is 13.2 Å². The van der Waals surface area contributed by atoms with Crippen LogP contribution >= 0.6 is 11.6 Å². The van der Waals surface area contributed by atoms with Gasteiger partial charge in [-0.3, -0.25) is 0 Å². The van der Waals surface area contributed by atoms with Gasteiger partial charge >= 0.3 is 0 Å². The minimum absolute atomic E-state index is 0.739. The summed E-state index contributed by atoms with van der Waals surface area (Å²) in [5, 5.41) is 1.99. The Morgan fingerprint density at radius 3 is 2.94 bits per heavy atom. The highest BCUT2D eigenvalue weighted by Gasteiger charge is 2.04. The van der Waals surface area contributed by atoms with E-state index in [1.165, 1.54) is 5.39 Å². The first-order valence-electron chi connectivity index (χ1n) is 5.64. The van der Waals surface area contributed by atoms with Gasteiger partial charge in [0.1, 0.15) is 0 Å². The van der Waals surface area contributed by atoms with Gasteiger partial charge in [-0.05, 0) is 18.6 Å². The molecule has 1 aromatic carbocycles. The average molecular weight is 238 g/mol. The van der Waals surface area contributed by atoms with Crippen molar-refractivity contribution in [3.05, 3.63) is 35.5 Å². The number of hydrogen-bond acceptors (Lipinski definition) is 1. The first-order chi connectivity index (χ1) is 7.83. The Hall–Kier alpha value is -0.990. The predicted molar refractivity (Wildman–Crippen MR) is 68.1 cm³/mol. The quantitative estimate of drug-likeness (QED) is 0.723. The average Bonchev–Trinajstić information content (AvgIpc) is 2.69. The second kappa shape index (κ2) is 5.37. The summed E-state index contributed by atoms with van der Waals surface area (Å²) in [5.74, 6) is 0. The number of nitrogens with zero attached hydrogens (tertiary/aromatic N) is 1. The van der Waals surface area contributed by atoms with Crippen molar-refractivity contribution in [2.45, 2.75) is 19.9 Å². The molecule has 3 heteroatoms. The maximum Gasteiger partial charge on any atom is 0.0670 e. The molecule has 0 amide bonds. The van der Waals surface area contributed by atoms with Crippen molar-refractivity contribution in [1.29, 1.82) is 0 Å². The van der Waals surface area contributed by atoms with E-state index in [1.807, 2.05) is 12.1 Å². The summed E-state index contributed by atoms with van der Waals surface area (Å²) in [6.07, 6.45) is 3.12. The number of benzene rings is 1. The van der Waals surface area contributed by atoms with Crippen molar-refractivity contribution in [1.82, 2.24) is 4.57 Å². The maximum absolute atomic E-state index is 6.18. The third-order valence-corrected chi connectivity index (χ3v) is 2.87. The third kappa shape index (κ3) is 2.39. The van der Waals surface area contributed by atoms with Crippen molar-refractivity contribution < 1.29 is 4.74 Å². The van der Waals surface area contributed by atoms with Gasteiger partial charge in [-0.25, -0.2) is 0 Å². The van der Waals surface area contributed by atoms with Crippen LogP contribution in [0.3, 0.4) is 0 Å². The highest BCUT2D eigenvalue weighted by Crippen LogP contribution is 2.24. The van der Waals surface area contributed by atoms with Crippen molar-refractivity contribution in [2.24, 2.45) is 0 Å². The topological polar surface area (TPSA) is 14.2 Å². The molecule has 0 unspecified atom stereocenters. The molecule has 2 rings (SSSR count). The number of fused-ring (bicyclic) bond motifs is 1. The van der Waals surface area contributed by atoms with E-state index in [-0.39, 0.29) is 0 Å². The zero-order valence-corrected chi connectivity index (χ0v) is 10.2. The predicted octanol–water partition coefficient (Wildman–Crippen LogP) is 3.72. The fraction of sp³-hybridized carbons (Fsp3) is 0.385. The zero-order valence-electron chi connectivity index (χ0n) is 9.45. The number of halogens is 1. The maximum atomic E-state index is 6.18. The first kappa shape index (κ1) is 11.5. The number of para-hydroxylation sites is 1. The highest BCUT2D eigenvalue weighted by atomic mass is 35.5. The summed E-state index contributed by atoms with van der Waals surface area (Å²) >= 11 is 6.18. The van der Waals surface area contributed by atoms with Gasteiger partial charge in [0.2, 0.25) is 0 Å². The molecule has 16 heavy (non-hydrogen) atoms. The molecule has 1 aromatic heterocycles. The SMILES string of the molecule is CCCOCCn1ccc2cccc(Cl)c21. The number of hydrogen-bond donors (Lipinski definition) is 0. The van der Waals surface area contributed by atoms with E-state index in [0.717, 1.165) is 36.7 Å². The summed E-state index contributed by atoms with van der Waals surface area (Å²) in [6.45, 7) is 4.53. The molecule has 0 radical (unpaired) electrons. The van der Waals surface area contributed by atoms with Crippen LogP contribution in [0.25, 0.3) is 10.9 Å². The molecule has 0 saturated heterocycles. The van der Waals surface area contributed by atoms with Crippen LogP contribution in [-0.2, 0) is 11.3 Å². The van der Waals surface area contributed by atoms with E-state index in [4.69, 9.17) is 16.3 Å². The Balaban J connectivity index is 2.12. The number of aromatic nitrogens is 1. The number of ether oxygens (including phenoxy) is 1. The van der Waals surface area contributed by atoms with E-state index in [1.54, 1.807) is 0 Å². The van der Waals surface area contributed by atoms with Gasteiger partial charge in [-0.1, -0.05) is 30.7 Å². The second-order valence-corrected chi connectivity index (χ2v) is 4.21. The fourth-order valence-electron chi connectivity index (χ4n) is 1.81. The Morgan fingerprint density at radius 2 is 2.12 bits per heavy atom. The molecule has 0 bridgehead atoms. The molecule has 2 aromatic rings. The summed E-state index contributed by atoms with van der Waals surface area (Å²) in [6, 6.07) is 8.06. The molecule has 0 aliphatic carbocycles. The molecular weight excluding hydrogens is 222 g/mol. The molecule has 86 valence electrons. The fourth-order valence-corrected chi connectivity index (χ4v) is 2.10. The first-order valence-corrected chi connectivity index (χ1v) is 6.02. The summed E-state index contributed by atoms with van der Waals surface area (Å²) in [5.41, 5.74) is 1.10. The Kier molecular flexibility index (Phi) is 3.86. The summed E-state index contributed by atoms with van der Waals surface area (Å²) in [7, 11) is 0. The van der Waals surface area contributed by atoms with Crippen LogP contribution in [0.4, 0.5) is 0 Å². The lowest BCUT2D eigenvalue weighted by atomic mass is 10.2. The van der Waals surface area contributed by atoms with E-state index in [9.17, 15) is 0 Å². The van der Waals surface area contributed by atoms with E-state index in [2.05, 4.69) is 29.8 Å². The van der Waals surface area contributed by atoms with Gasteiger partial charge in [0.05, 0.1) is 17.1 Å². The van der Waals surface area contributed by atoms with Crippen LogP contribution in [0.5, 0.6) is 0 Å². The van der Waals surface area contributed by atoms with Crippen LogP contribution in [0.15, 0.2) is 30.5 Å². The molecular formula is C13H16ClNO. The smallest absolute Gasteiger partial charge is 0.0670 e. The molecule has 0 atom stereocenters. The van der Waals surface area contributed by atoms with Gasteiger partial charge in [0, 0.05) is 24.7 Å². The standard InChI is InChI=1S/C13H16ClNO/c1-2-9-16-10-8-15-7-6-11-4-3-5-12(14)13(11)15/h3-7H,2,8-10H2,1H3. The molecule has 1 heterocycles. The number of rotatable bonds is 5. The monoisotopic (exact) mass is 237 g/mol. The lowest BCUT2D eigenvalue weighted by Gasteiger charge is -2.07. The zero-order chi connectivity index (χ0) is 11.4. The lowest BCUT2D eigenvalue weighted by Crippen LogP contribution is -2.05. The Bertz CT molecular complexity index is 464. The van der Waals surface area contributed by atoms with Gasteiger partial charge in [0.15, 0.2) is 0 Å². The van der Waals surface area contributed by atoms with Gasteiger partial charge in [-0.15, -0.1) is 0 Å². The van der Waals surface area contributed by atoms with Crippen LogP contribution in [0, 0.1) is 0 Å². The van der Waals surface area contributed by atoms with Crippen LogP contribution in [-0.4, -0.2) is 17.8 Å². The second-order valence-electron chi connectivity index (χ2n) is 3.80.